The van der Waals surface area contributed by atoms with Crippen LogP contribution in [0.5, 0.6) is 5.75 Å². The molecule has 0 aromatic heterocycles. The minimum atomic E-state index is -3.99. The maximum Gasteiger partial charge on any atom is 0.429 e. The SMILES string of the molecule is COCCCC1CCCC(c2ccc(C(F)(F)Oc3ccc(-c4cc(F)c(F)c(F)c4)cc3)c(F)c2)OC1. The molecule has 0 N–H and O–H groups in total. The average Bonchev–Trinajstić information content (AvgIpc) is 3.13. The number of ether oxygens (including phenoxy) is 3. The van der Waals surface area contributed by atoms with Gasteiger partial charge < -0.3 is 14.2 Å². The minimum Gasteiger partial charge on any atom is -0.429 e. The predicted octanol–water partition coefficient (Wildman–Crippen LogP) is 8.32. The summed E-state index contributed by atoms with van der Waals surface area (Å²) in [5, 5.41) is 0. The third-order valence-corrected chi connectivity index (χ3v) is 6.67. The molecule has 3 nitrogen and oxygen atoms in total. The first-order valence-electron chi connectivity index (χ1n) is 12.4. The molecule has 1 heterocycles. The van der Waals surface area contributed by atoms with Gasteiger partial charge in [0.15, 0.2) is 17.5 Å². The van der Waals surface area contributed by atoms with Crippen molar-refractivity contribution in [2.75, 3.05) is 20.3 Å². The molecule has 0 amide bonds. The van der Waals surface area contributed by atoms with Crippen molar-refractivity contribution in [2.45, 2.75) is 44.3 Å². The Kier molecular flexibility index (Phi) is 8.99. The summed E-state index contributed by atoms with van der Waals surface area (Å²) in [6.45, 7) is 1.20. The Morgan fingerprint density at radius 1 is 0.868 bits per heavy atom. The molecule has 0 saturated carbocycles. The Labute approximate surface area is 217 Å². The molecule has 3 aromatic rings. The van der Waals surface area contributed by atoms with E-state index in [0.29, 0.717) is 31.1 Å². The van der Waals surface area contributed by atoms with Gasteiger partial charge in [-0.3, -0.25) is 0 Å². The molecule has 0 bridgehead atoms. The first kappa shape index (κ1) is 28.0. The van der Waals surface area contributed by atoms with E-state index in [1.165, 1.54) is 18.2 Å². The van der Waals surface area contributed by atoms with Crippen molar-refractivity contribution in [3.05, 3.63) is 89.0 Å². The van der Waals surface area contributed by atoms with Crippen LogP contribution in [0.2, 0.25) is 0 Å². The summed E-state index contributed by atoms with van der Waals surface area (Å²) >= 11 is 0. The number of hydrogen-bond donors (Lipinski definition) is 0. The van der Waals surface area contributed by atoms with Crippen LogP contribution in [-0.2, 0) is 15.6 Å². The molecule has 204 valence electrons. The average molecular weight is 539 g/mol. The van der Waals surface area contributed by atoms with Crippen molar-refractivity contribution < 1.29 is 40.6 Å². The first-order valence-corrected chi connectivity index (χ1v) is 12.4. The minimum absolute atomic E-state index is 0.0170. The number of methoxy groups -OCH3 is 1. The smallest absolute Gasteiger partial charge is 0.429 e. The van der Waals surface area contributed by atoms with Crippen LogP contribution in [0.3, 0.4) is 0 Å². The number of hydrogen-bond acceptors (Lipinski definition) is 3. The van der Waals surface area contributed by atoms with E-state index in [9.17, 15) is 26.3 Å². The number of halogens is 6. The van der Waals surface area contributed by atoms with Gasteiger partial charge in [0, 0.05) is 13.7 Å². The van der Waals surface area contributed by atoms with Crippen LogP contribution in [0.15, 0.2) is 54.6 Å². The number of alkyl halides is 2. The van der Waals surface area contributed by atoms with E-state index >= 15 is 0 Å². The number of rotatable bonds is 9. The second-order valence-electron chi connectivity index (χ2n) is 9.39. The molecule has 1 aliphatic rings. The lowest BCUT2D eigenvalue weighted by atomic mass is 9.97. The van der Waals surface area contributed by atoms with Crippen LogP contribution in [0.25, 0.3) is 11.1 Å². The lowest BCUT2D eigenvalue weighted by Gasteiger charge is -2.21. The summed E-state index contributed by atoms with van der Waals surface area (Å²) in [6, 6.07) is 9.92. The largest absolute Gasteiger partial charge is 0.429 e. The Morgan fingerprint density at radius 2 is 1.58 bits per heavy atom. The van der Waals surface area contributed by atoms with E-state index in [1.54, 1.807) is 7.11 Å². The van der Waals surface area contributed by atoms with Crippen molar-refractivity contribution in [3.8, 4) is 16.9 Å². The summed E-state index contributed by atoms with van der Waals surface area (Å²) in [5.74, 6) is -5.38. The van der Waals surface area contributed by atoms with Crippen LogP contribution in [-0.4, -0.2) is 20.3 Å². The molecule has 1 saturated heterocycles. The zero-order valence-corrected chi connectivity index (χ0v) is 20.8. The second-order valence-corrected chi connectivity index (χ2v) is 9.39. The van der Waals surface area contributed by atoms with Gasteiger partial charge >= 0.3 is 6.11 Å². The monoisotopic (exact) mass is 538 g/mol. The fraction of sp³-hybridized carbons (Fsp3) is 0.379. The summed E-state index contributed by atoms with van der Waals surface area (Å²) in [5.41, 5.74) is -0.177. The lowest BCUT2D eigenvalue weighted by molar-refractivity contribution is -0.187. The highest BCUT2D eigenvalue weighted by Gasteiger charge is 2.38. The molecule has 1 fully saturated rings. The van der Waals surface area contributed by atoms with Crippen LogP contribution >= 0.6 is 0 Å². The van der Waals surface area contributed by atoms with Gasteiger partial charge in [-0.05, 0) is 84.7 Å². The van der Waals surface area contributed by atoms with Crippen LogP contribution in [0.4, 0.5) is 26.3 Å². The zero-order chi connectivity index (χ0) is 27.3. The molecule has 2 unspecified atom stereocenters. The van der Waals surface area contributed by atoms with E-state index in [-0.39, 0.29) is 23.0 Å². The van der Waals surface area contributed by atoms with E-state index in [4.69, 9.17) is 14.2 Å². The van der Waals surface area contributed by atoms with E-state index in [1.807, 2.05) is 0 Å². The van der Waals surface area contributed by atoms with Gasteiger partial charge in [-0.1, -0.05) is 24.6 Å². The van der Waals surface area contributed by atoms with Crippen LogP contribution in [0, 0.1) is 29.2 Å². The molecule has 0 aliphatic carbocycles. The van der Waals surface area contributed by atoms with Gasteiger partial charge in [-0.2, -0.15) is 8.78 Å². The van der Waals surface area contributed by atoms with Gasteiger partial charge in [0.05, 0.1) is 18.3 Å². The predicted molar refractivity (Wildman–Crippen MR) is 130 cm³/mol. The Morgan fingerprint density at radius 3 is 2.24 bits per heavy atom. The highest BCUT2D eigenvalue weighted by molar-refractivity contribution is 5.64. The zero-order valence-electron chi connectivity index (χ0n) is 20.8. The molecular weight excluding hydrogens is 510 g/mol. The van der Waals surface area contributed by atoms with Crippen molar-refractivity contribution in [2.24, 2.45) is 5.92 Å². The van der Waals surface area contributed by atoms with Gasteiger partial charge in [-0.15, -0.1) is 0 Å². The first-order chi connectivity index (χ1) is 18.2. The van der Waals surface area contributed by atoms with Crippen molar-refractivity contribution in [1.29, 1.82) is 0 Å². The molecule has 3 aromatic carbocycles. The summed E-state index contributed by atoms with van der Waals surface area (Å²) < 4.78 is 101. The van der Waals surface area contributed by atoms with Crippen LogP contribution in [0.1, 0.15) is 49.3 Å². The standard InChI is InChI=1S/C29H28F6O3/c1-36-13-3-5-18-4-2-6-27(37-17-18)20-9-12-23(24(30)14-20)29(34,35)38-22-10-7-19(8-11-22)21-15-25(31)28(33)26(32)16-21/h7-12,14-16,18,27H,2-6,13,17H2,1H3. The fourth-order valence-corrected chi connectivity index (χ4v) is 4.63. The van der Waals surface area contributed by atoms with Gasteiger partial charge in [0.2, 0.25) is 0 Å². The van der Waals surface area contributed by atoms with E-state index < -0.39 is 34.9 Å². The van der Waals surface area contributed by atoms with Gasteiger partial charge in [0.25, 0.3) is 0 Å². The maximum atomic E-state index is 14.9. The van der Waals surface area contributed by atoms with Crippen LogP contribution < -0.4 is 4.74 Å². The Bertz CT molecular complexity index is 1210. The summed E-state index contributed by atoms with van der Waals surface area (Å²) in [6.07, 6.45) is 0.0641. The van der Waals surface area contributed by atoms with Crippen molar-refractivity contribution in [3.63, 3.8) is 0 Å². The second kappa shape index (κ2) is 12.2. The molecule has 0 radical (unpaired) electrons. The molecule has 2 atom stereocenters. The topological polar surface area (TPSA) is 27.7 Å². The molecular formula is C29H28F6O3. The molecule has 0 spiro atoms. The number of benzene rings is 3. The Hall–Kier alpha value is -3.04. The molecule has 1 aliphatic heterocycles. The third kappa shape index (κ3) is 6.69. The van der Waals surface area contributed by atoms with Crippen molar-refractivity contribution in [1.82, 2.24) is 0 Å². The molecule has 4 rings (SSSR count). The summed E-state index contributed by atoms with van der Waals surface area (Å²) in [7, 11) is 1.66. The lowest BCUT2D eigenvalue weighted by Crippen LogP contribution is -2.23. The highest BCUT2D eigenvalue weighted by Crippen LogP contribution is 2.37. The summed E-state index contributed by atoms with van der Waals surface area (Å²) in [4.78, 5) is 0. The third-order valence-electron chi connectivity index (χ3n) is 6.67. The van der Waals surface area contributed by atoms with E-state index in [0.717, 1.165) is 62.1 Å². The molecule has 38 heavy (non-hydrogen) atoms. The van der Waals surface area contributed by atoms with Gasteiger partial charge in [0.1, 0.15) is 11.6 Å². The maximum absolute atomic E-state index is 14.9. The quantitative estimate of drug-likeness (QED) is 0.156. The normalized spacial score (nSPS) is 18.3. The molecule has 9 heteroatoms. The van der Waals surface area contributed by atoms with Crippen molar-refractivity contribution >= 4 is 0 Å². The van der Waals surface area contributed by atoms with Gasteiger partial charge in [-0.25, -0.2) is 17.6 Å². The Balaban J connectivity index is 1.42. The fourth-order valence-electron chi connectivity index (χ4n) is 4.63. The van der Waals surface area contributed by atoms with E-state index in [2.05, 4.69) is 0 Å². The highest BCUT2D eigenvalue weighted by atomic mass is 19.3.